The van der Waals surface area contributed by atoms with Crippen molar-refractivity contribution in [2.45, 2.75) is 0 Å². The normalized spacial score (nSPS) is 12.1. The van der Waals surface area contributed by atoms with Gasteiger partial charge in [-0.2, -0.15) is 0 Å². The van der Waals surface area contributed by atoms with Crippen LogP contribution in [0.5, 0.6) is 0 Å². The van der Waals surface area contributed by atoms with Crippen molar-refractivity contribution in [1.82, 2.24) is 0 Å². The lowest BCUT2D eigenvalue weighted by Crippen LogP contribution is -1.68. The third-order valence-corrected chi connectivity index (χ3v) is 3.87. The molecule has 0 fully saturated rings. The molecule has 38 valence electrons. The van der Waals surface area contributed by atoms with Crippen molar-refractivity contribution < 1.29 is 0 Å². The van der Waals surface area contributed by atoms with E-state index < -0.39 is 0 Å². The third-order valence-electron chi connectivity index (χ3n) is 0.502. The van der Waals surface area contributed by atoms with Crippen LogP contribution in [0, 0.1) is 0 Å². The number of hydrogen-bond donors (Lipinski definition) is 0. The Bertz CT molecular complexity index is 74.1. The maximum absolute atomic E-state index is 3.65. The van der Waals surface area contributed by atoms with Crippen LogP contribution in [0.1, 0.15) is 0 Å². The zero-order chi connectivity index (χ0) is 5.70. The van der Waals surface area contributed by atoms with E-state index in [0.717, 1.165) is 7.00 Å². The first-order valence-corrected chi connectivity index (χ1v) is 6.35. The largest absolute Gasteiger partial charge is 0.194 e. The van der Waals surface area contributed by atoms with Gasteiger partial charge in [-0.1, -0.05) is 39.9 Å². The molecule has 0 radical (unpaired) electrons. The van der Waals surface area contributed by atoms with Crippen LogP contribution < -0.4 is 0 Å². The van der Waals surface area contributed by atoms with Crippen molar-refractivity contribution in [1.29, 1.82) is 0 Å². The second kappa shape index (κ2) is 4.85. The lowest BCUT2D eigenvalue weighted by Gasteiger charge is -1.91. The topological polar surface area (TPSA) is 0 Å². The van der Waals surface area contributed by atoms with Crippen LogP contribution in [0.3, 0.4) is 0 Å². The molecule has 0 spiro atoms. The average Bonchev–Trinajstić information content (AvgIpc) is 1.68. The molecule has 1 unspecified atom stereocenters. The minimum absolute atomic E-state index is 0.0374. The van der Waals surface area contributed by atoms with Crippen molar-refractivity contribution in [2.24, 2.45) is 0 Å². The average molecular weight is 224 g/mol. The van der Waals surface area contributed by atoms with Gasteiger partial charge in [0.25, 0.3) is 0 Å². The molecule has 0 N–H and O–H groups in total. The standard InChI is InChI=1S/C4H7BIP/c1-3-5-7(6)4-2/h3-5H,1-2H2. The molecule has 0 nitrogen and oxygen atoms in total. The van der Waals surface area contributed by atoms with E-state index in [9.17, 15) is 0 Å². The Kier molecular flexibility index (Phi) is 5.34. The molecule has 1 atom stereocenters. The fourth-order valence-corrected chi connectivity index (χ4v) is 1.43. The highest BCUT2D eigenvalue weighted by Crippen LogP contribution is 2.43. The highest BCUT2D eigenvalue weighted by atomic mass is 127. The fraction of sp³-hybridized carbons (Fsp3) is 0. The van der Waals surface area contributed by atoms with Crippen LogP contribution >= 0.6 is 27.5 Å². The Morgan fingerprint density at radius 3 is 2.29 bits per heavy atom. The van der Waals surface area contributed by atoms with Crippen molar-refractivity contribution in [2.75, 3.05) is 0 Å². The van der Waals surface area contributed by atoms with E-state index in [0.29, 0.717) is 0 Å². The van der Waals surface area contributed by atoms with Gasteiger partial charge in [-0.25, -0.2) is 0 Å². The predicted octanol–water partition coefficient (Wildman–Crippen LogP) is 2.46. The van der Waals surface area contributed by atoms with Gasteiger partial charge >= 0.3 is 0 Å². The first kappa shape index (κ1) is 7.70. The Hall–Kier alpha value is 0.705. The molecular weight excluding hydrogens is 217 g/mol. The molecule has 0 saturated heterocycles. The lowest BCUT2D eigenvalue weighted by molar-refractivity contribution is 2.59. The van der Waals surface area contributed by atoms with Crippen LogP contribution in [0.15, 0.2) is 25.0 Å². The van der Waals surface area contributed by atoms with Gasteiger partial charge in [0.2, 0.25) is 0 Å². The molecule has 3 heteroatoms. The van der Waals surface area contributed by atoms with Crippen molar-refractivity contribution in [3.63, 3.8) is 0 Å². The summed E-state index contributed by atoms with van der Waals surface area (Å²) in [5.41, 5.74) is 0.0374. The SMILES string of the molecule is C=CBP(I)C=C. The smallest absolute Gasteiger partial charge is 0.120 e. The zero-order valence-corrected chi connectivity index (χ0v) is 7.15. The van der Waals surface area contributed by atoms with E-state index >= 15 is 0 Å². The Balaban J connectivity index is 3.15. The first-order chi connectivity index (χ1) is 3.31. The van der Waals surface area contributed by atoms with Gasteiger partial charge in [0, 0.05) is 0 Å². The van der Waals surface area contributed by atoms with Crippen LogP contribution in [-0.4, -0.2) is 7.00 Å². The van der Waals surface area contributed by atoms with E-state index in [-0.39, 0.29) is 5.44 Å². The van der Waals surface area contributed by atoms with Gasteiger partial charge in [0.15, 0.2) is 7.00 Å². The number of halogens is 1. The van der Waals surface area contributed by atoms with Crippen molar-refractivity contribution >= 4 is 34.5 Å². The number of rotatable bonds is 3. The van der Waals surface area contributed by atoms with E-state index in [2.05, 4.69) is 35.2 Å². The summed E-state index contributed by atoms with van der Waals surface area (Å²) in [6.45, 7) is 8.36. The molecule has 0 saturated carbocycles. The highest BCUT2D eigenvalue weighted by Gasteiger charge is 1.91. The molecular formula is C4H7BIP. The van der Waals surface area contributed by atoms with Gasteiger partial charge in [-0.3, -0.25) is 0 Å². The maximum atomic E-state index is 3.65. The van der Waals surface area contributed by atoms with Crippen LogP contribution in [0.2, 0.25) is 0 Å². The van der Waals surface area contributed by atoms with Gasteiger partial charge < -0.3 is 0 Å². The number of hydrogen-bond acceptors (Lipinski definition) is 0. The molecule has 0 aromatic rings. The summed E-state index contributed by atoms with van der Waals surface area (Å²) >= 11 is 2.38. The summed E-state index contributed by atoms with van der Waals surface area (Å²) in [6.07, 6.45) is 0. The molecule has 0 aliphatic carbocycles. The van der Waals surface area contributed by atoms with Gasteiger partial charge in [0.1, 0.15) is 0 Å². The van der Waals surface area contributed by atoms with Gasteiger partial charge in [0.05, 0.1) is 0 Å². The maximum Gasteiger partial charge on any atom is 0.194 e. The van der Waals surface area contributed by atoms with E-state index in [4.69, 9.17) is 0 Å². The first-order valence-electron chi connectivity index (χ1n) is 1.97. The molecule has 0 aromatic heterocycles. The minimum Gasteiger partial charge on any atom is -0.120 e. The second-order valence-electron chi connectivity index (χ2n) is 1.05. The fourth-order valence-electron chi connectivity index (χ4n) is 0.198. The Morgan fingerprint density at radius 1 is 1.57 bits per heavy atom. The highest BCUT2D eigenvalue weighted by molar-refractivity contribution is 14.2. The van der Waals surface area contributed by atoms with Crippen molar-refractivity contribution in [3.8, 4) is 0 Å². The summed E-state index contributed by atoms with van der Waals surface area (Å²) in [4.78, 5) is 0. The summed E-state index contributed by atoms with van der Waals surface area (Å²) in [5.74, 6) is 3.91. The summed E-state index contributed by atoms with van der Waals surface area (Å²) in [7, 11) is 0. The van der Waals surface area contributed by atoms with Gasteiger partial charge in [-0.05, 0) is 0 Å². The quantitative estimate of drug-likeness (QED) is 0.392. The predicted molar refractivity (Wildman–Crippen MR) is 48.5 cm³/mol. The molecule has 0 rings (SSSR count). The van der Waals surface area contributed by atoms with E-state index in [1.54, 1.807) is 0 Å². The molecule has 7 heavy (non-hydrogen) atoms. The zero-order valence-electron chi connectivity index (χ0n) is 4.10. The molecule has 0 aromatic carbocycles. The van der Waals surface area contributed by atoms with Crippen LogP contribution in [-0.2, 0) is 0 Å². The molecule has 0 aliphatic rings. The van der Waals surface area contributed by atoms with Crippen LogP contribution in [0.25, 0.3) is 0 Å². The van der Waals surface area contributed by atoms with Crippen LogP contribution in [0.4, 0.5) is 0 Å². The Labute approximate surface area is 59.5 Å². The van der Waals surface area contributed by atoms with E-state index in [1.165, 1.54) is 0 Å². The third kappa shape index (κ3) is 4.56. The van der Waals surface area contributed by atoms with Gasteiger partial charge in [-0.15, -0.1) is 12.6 Å². The summed E-state index contributed by atoms with van der Waals surface area (Å²) < 4.78 is 0. The lowest BCUT2D eigenvalue weighted by atomic mass is 10.1. The van der Waals surface area contributed by atoms with Crippen molar-refractivity contribution in [3.05, 3.63) is 25.0 Å². The minimum atomic E-state index is 0.0374. The summed E-state index contributed by atoms with van der Waals surface area (Å²) in [6, 6.07) is 0. The Morgan fingerprint density at radius 2 is 2.14 bits per heavy atom. The monoisotopic (exact) mass is 224 g/mol. The molecule has 0 bridgehead atoms. The molecule has 0 amide bonds. The molecule has 0 aliphatic heterocycles. The molecule has 0 heterocycles. The second-order valence-corrected chi connectivity index (χ2v) is 6.30. The van der Waals surface area contributed by atoms with E-state index in [1.807, 2.05) is 11.8 Å². The summed E-state index contributed by atoms with van der Waals surface area (Å²) in [5, 5.41) is 0.